The average Bonchev–Trinajstić information content (AvgIpc) is 3.14. The van der Waals surface area contributed by atoms with E-state index >= 15 is 0 Å². The number of nitrogens with one attached hydrogen (secondary N) is 1. The molecule has 1 aliphatic rings. The first kappa shape index (κ1) is 20.8. The molecule has 0 amide bonds. The van der Waals surface area contributed by atoms with Crippen molar-refractivity contribution in [3.63, 3.8) is 0 Å². The van der Waals surface area contributed by atoms with E-state index in [1.807, 2.05) is 18.2 Å². The molecule has 0 saturated carbocycles. The van der Waals surface area contributed by atoms with Crippen LogP contribution in [0.1, 0.15) is 34.8 Å². The molecule has 1 aromatic heterocycles. The van der Waals surface area contributed by atoms with Crippen molar-refractivity contribution < 1.29 is 17.6 Å². The fourth-order valence-corrected chi connectivity index (χ4v) is 4.77. The monoisotopic (exact) mass is 438 g/mol. The summed E-state index contributed by atoms with van der Waals surface area (Å²) in [7, 11) is 0. The lowest BCUT2D eigenvalue weighted by Crippen LogP contribution is -2.35. The van der Waals surface area contributed by atoms with Crippen LogP contribution in [0.15, 0.2) is 60.7 Å². The number of rotatable bonds is 5. The number of halogens is 4. The molecule has 0 radical (unpaired) electrons. The molecule has 2 nitrogen and oxygen atoms in total. The zero-order valence-electron chi connectivity index (χ0n) is 17.3. The molecule has 2 heterocycles. The predicted molar refractivity (Wildman–Crippen MR) is 116 cm³/mol. The summed E-state index contributed by atoms with van der Waals surface area (Å²) in [5, 5.41) is 1.16. The number of nitrogens with zero attached hydrogens (tertiary/aromatic N) is 1. The number of hydrogen-bond acceptors (Lipinski definition) is 1. The minimum absolute atomic E-state index is 0.111. The Balaban J connectivity index is 1.49. The van der Waals surface area contributed by atoms with Crippen LogP contribution in [0.25, 0.3) is 10.9 Å². The van der Waals surface area contributed by atoms with Crippen molar-refractivity contribution in [3.8, 4) is 0 Å². The van der Waals surface area contributed by atoms with Crippen LogP contribution in [-0.4, -0.2) is 16.4 Å². The van der Waals surface area contributed by atoms with E-state index in [0.717, 1.165) is 35.2 Å². The third-order valence-electron chi connectivity index (χ3n) is 6.36. The molecule has 1 atom stereocenters. The number of aryl methyl sites for hydroxylation is 1. The minimum Gasteiger partial charge on any atom is -0.357 e. The molecule has 6 heteroatoms. The highest BCUT2D eigenvalue weighted by molar-refractivity contribution is 5.85. The molecule has 32 heavy (non-hydrogen) atoms. The number of fused-ring (bicyclic) bond motifs is 3. The van der Waals surface area contributed by atoms with E-state index in [9.17, 15) is 17.6 Å². The van der Waals surface area contributed by atoms with Crippen molar-refractivity contribution >= 4 is 10.9 Å². The van der Waals surface area contributed by atoms with E-state index in [1.165, 1.54) is 29.8 Å². The van der Waals surface area contributed by atoms with Gasteiger partial charge in [0.2, 0.25) is 0 Å². The van der Waals surface area contributed by atoms with Gasteiger partial charge in [0.05, 0.1) is 6.04 Å². The van der Waals surface area contributed by atoms with Crippen LogP contribution in [0.5, 0.6) is 0 Å². The van der Waals surface area contributed by atoms with Crippen molar-refractivity contribution in [2.24, 2.45) is 0 Å². The molecule has 0 spiro atoms. The smallest absolute Gasteiger partial charge is 0.130 e. The molecule has 1 aliphatic heterocycles. The van der Waals surface area contributed by atoms with E-state index in [0.29, 0.717) is 37.1 Å². The Kier molecular flexibility index (Phi) is 5.47. The lowest BCUT2D eigenvalue weighted by atomic mass is 9.92. The third-order valence-corrected chi connectivity index (χ3v) is 6.36. The second-order valence-electron chi connectivity index (χ2n) is 8.31. The minimum atomic E-state index is -0.605. The number of H-pyrrole nitrogens is 1. The van der Waals surface area contributed by atoms with Gasteiger partial charge in [0, 0.05) is 47.4 Å². The van der Waals surface area contributed by atoms with Gasteiger partial charge in [-0.1, -0.05) is 30.3 Å². The lowest BCUT2D eigenvalue weighted by molar-refractivity contribution is 0.162. The number of hydrogen-bond donors (Lipinski definition) is 1. The second-order valence-corrected chi connectivity index (χ2v) is 8.31. The Bertz CT molecular complexity index is 1280. The van der Waals surface area contributed by atoms with Crippen LogP contribution < -0.4 is 0 Å². The van der Waals surface area contributed by atoms with Gasteiger partial charge in [-0.15, -0.1) is 0 Å². The van der Waals surface area contributed by atoms with Gasteiger partial charge < -0.3 is 4.98 Å². The molecule has 3 aromatic carbocycles. The highest BCUT2D eigenvalue weighted by atomic mass is 19.1. The predicted octanol–water partition coefficient (Wildman–Crippen LogP) is 6.46. The summed E-state index contributed by atoms with van der Waals surface area (Å²) in [5.41, 5.74) is 4.17. The lowest BCUT2D eigenvalue weighted by Gasteiger charge is -2.36. The maximum Gasteiger partial charge on any atom is 0.130 e. The van der Waals surface area contributed by atoms with Crippen LogP contribution in [0, 0.1) is 23.3 Å². The molecule has 0 saturated heterocycles. The average molecular weight is 438 g/mol. The fourth-order valence-electron chi connectivity index (χ4n) is 4.77. The van der Waals surface area contributed by atoms with E-state index in [4.69, 9.17) is 0 Å². The normalized spacial score (nSPS) is 16.4. The molecule has 1 N–H and O–H groups in total. The molecule has 0 fully saturated rings. The quantitative estimate of drug-likeness (QED) is 0.355. The number of para-hydroxylation sites is 1. The van der Waals surface area contributed by atoms with E-state index < -0.39 is 23.3 Å². The van der Waals surface area contributed by atoms with Crippen LogP contribution in [0.2, 0.25) is 0 Å². The molecule has 0 bridgehead atoms. The van der Waals surface area contributed by atoms with Crippen LogP contribution in [0.4, 0.5) is 17.6 Å². The zero-order valence-corrected chi connectivity index (χ0v) is 17.3. The summed E-state index contributed by atoms with van der Waals surface area (Å²) in [5.74, 6) is -2.34. The van der Waals surface area contributed by atoms with Gasteiger partial charge in [-0.25, -0.2) is 17.6 Å². The molecule has 5 rings (SSSR count). The van der Waals surface area contributed by atoms with Crippen molar-refractivity contribution in [1.82, 2.24) is 9.88 Å². The van der Waals surface area contributed by atoms with Gasteiger partial charge in [0.1, 0.15) is 23.3 Å². The Morgan fingerprint density at radius 3 is 2.25 bits per heavy atom. The van der Waals surface area contributed by atoms with Crippen LogP contribution in [0.3, 0.4) is 0 Å². The molecule has 164 valence electrons. The Hall–Kier alpha value is -3.12. The third kappa shape index (κ3) is 3.91. The van der Waals surface area contributed by atoms with Gasteiger partial charge in [0.15, 0.2) is 0 Å². The molecule has 1 unspecified atom stereocenters. The highest BCUT2D eigenvalue weighted by Crippen LogP contribution is 2.38. The first-order valence-electron chi connectivity index (χ1n) is 10.7. The molecule has 4 aromatic rings. The van der Waals surface area contributed by atoms with E-state index in [2.05, 4.69) is 16.0 Å². The van der Waals surface area contributed by atoms with Gasteiger partial charge >= 0.3 is 0 Å². The van der Waals surface area contributed by atoms with Gasteiger partial charge in [0.25, 0.3) is 0 Å². The zero-order chi connectivity index (χ0) is 22.2. The maximum atomic E-state index is 14.4. The van der Waals surface area contributed by atoms with E-state index in [1.54, 1.807) is 0 Å². The number of aromatic amines is 1. The molecular formula is C26H22F4N2. The van der Waals surface area contributed by atoms with Crippen molar-refractivity contribution in [1.29, 1.82) is 0 Å². The van der Waals surface area contributed by atoms with Gasteiger partial charge in [-0.3, -0.25) is 4.90 Å². The van der Waals surface area contributed by atoms with Crippen LogP contribution >= 0.6 is 0 Å². The fraction of sp³-hybridized carbons (Fsp3) is 0.231. The maximum absolute atomic E-state index is 14.4. The summed E-state index contributed by atoms with van der Waals surface area (Å²) >= 11 is 0. The summed E-state index contributed by atoms with van der Waals surface area (Å²) in [6, 6.07) is 15.2. The summed E-state index contributed by atoms with van der Waals surface area (Å²) in [6.45, 7) is 1.01. The first-order valence-corrected chi connectivity index (χ1v) is 10.7. The molecule has 0 aliphatic carbocycles. The largest absolute Gasteiger partial charge is 0.357 e. The standard InChI is InChI=1S/C26H22F4N2/c27-18-8-5-16(22(29)13-18)7-10-25-26-21(20-3-1-2-4-24(20)31-26)11-12-32(25)15-17-6-9-19(28)14-23(17)30/h1-6,8-9,13-14,25,31H,7,10-12,15H2. The molecular weight excluding hydrogens is 416 g/mol. The first-order chi connectivity index (χ1) is 15.5. The van der Waals surface area contributed by atoms with Crippen LogP contribution in [-0.2, 0) is 19.4 Å². The highest BCUT2D eigenvalue weighted by Gasteiger charge is 2.31. The topological polar surface area (TPSA) is 19.0 Å². The van der Waals surface area contributed by atoms with Gasteiger partial charge in [-0.05, 0) is 48.6 Å². The Morgan fingerprint density at radius 2 is 1.53 bits per heavy atom. The summed E-state index contributed by atoms with van der Waals surface area (Å²) < 4.78 is 55.3. The van der Waals surface area contributed by atoms with E-state index in [-0.39, 0.29) is 6.04 Å². The number of aromatic nitrogens is 1. The van der Waals surface area contributed by atoms with Crippen molar-refractivity contribution in [2.45, 2.75) is 31.8 Å². The summed E-state index contributed by atoms with van der Waals surface area (Å²) in [4.78, 5) is 5.66. The number of benzene rings is 3. The second kappa shape index (κ2) is 8.43. The van der Waals surface area contributed by atoms with Gasteiger partial charge in [-0.2, -0.15) is 0 Å². The Labute approximate surface area is 183 Å². The summed E-state index contributed by atoms with van der Waals surface area (Å²) in [6.07, 6.45) is 1.78. The van der Waals surface area contributed by atoms with Crippen molar-refractivity contribution in [3.05, 3.63) is 106 Å². The van der Waals surface area contributed by atoms with Crippen molar-refractivity contribution in [2.75, 3.05) is 6.54 Å². The Morgan fingerprint density at radius 1 is 0.844 bits per heavy atom. The SMILES string of the molecule is Fc1ccc(CCC2c3[nH]c4ccccc4c3CCN2Cc2ccc(F)cc2F)c(F)c1.